The molecule has 0 aliphatic carbocycles. The van der Waals surface area contributed by atoms with Gasteiger partial charge in [-0.25, -0.2) is 4.57 Å². The van der Waals surface area contributed by atoms with E-state index in [2.05, 4.69) is 233 Å². The minimum absolute atomic E-state index is 0.0180. The molecule has 0 aromatic rings. The van der Waals surface area contributed by atoms with Crippen LogP contribution in [0.4, 0.5) is 0 Å². The Morgan fingerprint density at radius 3 is 0.816 bits per heavy atom. The number of carbonyl (C=O) groups excluding carboxylic acids is 2. The number of hydrogen-bond acceptors (Lipinski definition) is 7. The number of rotatable bonds is 68. The number of nitrogens with zero attached hydrogens (tertiary/aromatic N) is 1. The molecule has 0 aromatic carbocycles. The second-order valence-corrected chi connectivity index (χ2v) is 27.4. The van der Waals surface area contributed by atoms with E-state index in [0.29, 0.717) is 23.9 Å². The third kappa shape index (κ3) is 79.3. The average molecular weight is 1370 g/mol. The van der Waals surface area contributed by atoms with Crippen molar-refractivity contribution in [1.82, 2.24) is 0 Å². The number of unbranched alkanes of at least 4 members (excludes halogenated alkanes) is 18. The highest BCUT2D eigenvalue weighted by Crippen LogP contribution is 2.43. The lowest BCUT2D eigenvalue weighted by molar-refractivity contribution is -0.870. The number of phosphoric ester groups is 1. The van der Waals surface area contributed by atoms with Crippen molar-refractivity contribution >= 4 is 19.8 Å². The fraction of sp³-hybridized carbons (Fsp3) is 0.568. The summed E-state index contributed by atoms with van der Waals surface area (Å²) in [4.78, 5) is 36.0. The van der Waals surface area contributed by atoms with E-state index in [1.54, 1.807) is 0 Å². The van der Waals surface area contributed by atoms with Crippen molar-refractivity contribution in [2.75, 3.05) is 47.5 Å². The standard InChI is InChI=1S/C88H140NO8P/c1-6-8-10-12-14-16-18-20-22-24-26-28-30-32-34-36-38-40-42-43-44-45-47-49-51-53-55-57-59-61-63-65-67-69-71-73-75-77-79-81-88(91)97-86(85-96-98(92,93)95-83-82-89(3,4)5)84-94-87(90)80-78-76-74-72-70-68-66-64-62-60-58-56-54-52-50-48-46-41-39-37-35-33-31-29-27-25-23-21-19-17-15-13-11-9-7-2/h8-11,14-17,20-23,26-29,32-35,38-41,43-44,47-50,53-56,60,62,86H,6-7,12-13,18-19,24-25,30-31,36-37,42,45-46,51-52,57-59,61,63-85H2,1-5H3/p+1/b10-8-,11-9-,16-14-,17-15-,22-20-,23-21-,28-26-,29-27-,34-32-,35-33-,40-38-,41-39-,44-43-,49-47-,50-48-,55-53-,56-54-,62-60-. The SMILES string of the molecule is CC/C=C\C/C=C\C/C=C\C/C=C\C/C=C\C/C=C\C/C=C\C/C=C\C/C=C\CCCCCCCCCCCCCC(=O)OC(COC(=O)CCCCCCCCC/C=C\C/C=C\C/C=C\C/C=C\C/C=C\C/C=C\C/C=C\C/C=C\C/C=C\CC)COP(=O)(O)OCC[N+](C)(C)C. The molecule has 0 aliphatic rings. The fourth-order valence-corrected chi connectivity index (χ4v) is 10.4. The molecule has 9 nitrogen and oxygen atoms in total. The zero-order chi connectivity index (χ0) is 71.1. The van der Waals surface area contributed by atoms with Gasteiger partial charge in [-0.05, 0) is 154 Å². The van der Waals surface area contributed by atoms with Crippen LogP contribution in [0.25, 0.3) is 0 Å². The third-order valence-corrected chi connectivity index (χ3v) is 16.5. The maximum absolute atomic E-state index is 12.9. The number of carbonyl (C=O) groups is 2. The summed E-state index contributed by atoms with van der Waals surface area (Å²) in [6.45, 7) is 4.17. The molecule has 0 rings (SSSR count). The first-order valence-corrected chi connectivity index (χ1v) is 40.0. The Balaban J connectivity index is 4.13. The lowest BCUT2D eigenvalue weighted by Gasteiger charge is -2.24. The van der Waals surface area contributed by atoms with Crippen molar-refractivity contribution in [2.24, 2.45) is 0 Å². The fourth-order valence-electron chi connectivity index (χ4n) is 9.71. The van der Waals surface area contributed by atoms with Gasteiger partial charge in [-0.3, -0.25) is 18.6 Å². The van der Waals surface area contributed by atoms with E-state index in [1.165, 1.54) is 64.2 Å². The lowest BCUT2D eigenvalue weighted by Crippen LogP contribution is -2.37. The summed E-state index contributed by atoms with van der Waals surface area (Å²) in [5.41, 5.74) is 0. The first-order chi connectivity index (χ1) is 48.0. The molecule has 0 amide bonds. The van der Waals surface area contributed by atoms with Gasteiger partial charge in [-0.2, -0.15) is 0 Å². The molecule has 0 bridgehead atoms. The average Bonchev–Trinajstić information content (AvgIpc) is 1.23. The van der Waals surface area contributed by atoms with E-state index < -0.39 is 26.5 Å². The minimum atomic E-state index is -4.41. The summed E-state index contributed by atoms with van der Waals surface area (Å²) in [5.74, 6) is -0.826. The van der Waals surface area contributed by atoms with Crippen LogP contribution >= 0.6 is 7.82 Å². The van der Waals surface area contributed by atoms with Crippen LogP contribution < -0.4 is 0 Å². The Morgan fingerprint density at radius 1 is 0.316 bits per heavy atom. The number of phosphoric acid groups is 1. The molecule has 2 atom stereocenters. The maximum Gasteiger partial charge on any atom is 0.472 e. The predicted molar refractivity (Wildman–Crippen MR) is 426 cm³/mol. The lowest BCUT2D eigenvalue weighted by atomic mass is 10.0. The smallest absolute Gasteiger partial charge is 0.462 e. The second kappa shape index (κ2) is 75.5. The van der Waals surface area contributed by atoms with Crippen molar-refractivity contribution in [3.63, 3.8) is 0 Å². The van der Waals surface area contributed by atoms with Crippen molar-refractivity contribution in [3.8, 4) is 0 Å². The number of allylic oxidation sites excluding steroid dienone is 36. The highest BCUT2D eigenvalue weighted by atomic mass is 31.2. The van der Waals surface area contributed by atoms with Gasteiger partial charge < -0.3 is 18.9 Å². The molecule has 0 radical (unpaired) electrons. The van der Waals surface area contributed by atoms with Crippen LogP contribution in [0.1, 0.15) is 271 Å². The van der Waals surface area contributed by atoms with Crippen molar-refractivity contribution in [3.05, 3.63) is 219 Å². The van der Waals surface area contributed by atoms with E-state index in [4.69, 9.17) is 18.5 Å². The van der Waals surface area contributed by atoms with E-state index >= 15 is 0 Å². The van der Waals surface area contributed by atoms with Crippen LogP contribution in [0.3, 0.4) is 0 Å². The molecular formula is C88H141NO8P+. The van der Waals surface area contributed by atoms with Crippen LogP contribution in [0.5, 0.6) is 0 Å². The van der Waals surface area contributed by atoms with E-state index in [0.717, 1.165) is 167 Å². The molecule has 10 heteroatoms. The Labute approximate surface area is 601 Å². The van der Waals surface area contributed by atoms with E-state index in [1.807, 2.05) is 21.1 Å². The van der Waals surface area contributed by atoms with Crippen molar-refractivity contribution < 1.29 is 42.1 Å². The largest absolute Gasteiger partial charge is 0.472 e. The normalized spacial score (nSPS) is 14.3. The highest BCUT2D eigenvalue weighted by Gasteiger charge is 2.27. The zero-order valence-electron chi connectivity index (χ0n) is 62.7. The molecule has 0 aliphatic heterocycles. The number of hydrogen-bond donors (Lipinski definition) is 1. The van der Waals surface area contributed by atoms with Gasteiger partial charge in [0.05, 0.1) is 27.7 Å². The first kappa shape index (κ1) is 92.3. The van der Waals surface area contributed by atoms with Crippen LogP contribution in [0.15, 0.2) is 219 Å². The molecule has 550 valence electrons. The molecule has 0 aromatic heterocycles. The van der Waals surface area contributed by atoms with Crippen molar-refractivity contribution in [2.45, 2.75) is 277 Å². The summed E-state index contributed by atoms with van der Waals surface area (Å²) >= 11 is 0. The summed E-state index contributed by atoms with van der Waals surface area (Å²) in [6, 6.07) is 0. The topological polar surface area (TPSA) is 108 Å². The molecule has 0 spiro atoms. The van der Waals surface area contributed by atoms with Crippen LogP contribution in [-0.2, 0) is 32.7 Å². The molecule has 0 heterocycles. The molecule has 1 N–H and O–H groups in total. The van der Waals surface area contributed by atoms with Gasteiger partial charge in [-0.1, -0.05) is 322 Å². The molecule has 0 saturated carbocycles. The summed E-state index contributed by atoms with van der Waals surface area (Å²) in [5, 5.41) is 0. The van der Waals surface area contributed by atoms with Gasteiger partial charge in [0.15, 0.2) is 6.10 Å². The molecular weight excluding hydrogens is 1230 g/mol. The highest BCUT2D eigenvalue weighted by molar-refractivity contribution is 7.47. The van der Waals surface area contributed by atoms with Crippen LogP contribution in [0, 0.1) is 0 Å². The Hall–Kier alpha value is -5.67. The number of ether oxygens (including phenoxy) is 2. The third-order valence-electron chi connectivity index (χ3n) is 15.5. The number of esters is 2. The van der Waals surface area contributed by atoms with Gasteiger partial charge in [-0.15, -0.1) is 0 Å². The Bertz CT molecular complexity index is 2460. The Kier molecular flexibility index (Phi) is 71.2. The molecule has 0 fully saturated rings. The van der Waals surface area contributed by atoms with E-state index in [9.17, 15) is 19.0 Å². The Morgan fingerprint density at radius 2 is 0.551 bits per heavy atom. The summed E-state index contributed by atoms with van der Waals surface area (Å²) in [7, 11) is 1.44. The van der Waals surface area contributed by atoms with Gasteiger partial charge in [0.2, 0.25) is 0 Å². The summed E-state index contributed by atoms with van der Waals surface area (Å²) in [6.07, 6.45) is 120. The minimum Gasteiger partial charge on any atom is -0.462 e. The quantitative estimate of drug-likeness (QED) is 0.0211. The molecule has 0 saturated heterocycles. The monoisotopic (exact) mass is 1370 g/mol. The zero-order valence-corrected chi connectivity index (χ0v) is 63.6. The van der Waals surface area contributed by atoms with Crippen molar-refractivity contribution in [1.29, 1.82) is 0 Å². The van der Waals surface area contributed by atoms with Gasteiger partial charge >= 0.3 is 19.8 Å². The number of quaternary nitrogens is 1. The van der Waals surface area contributed by atoms with Gasteiger partial charge in [0.1, 0.15) is 19.8 Å². The molecule has 2 unspecified atom stereocenters. The summed E-state index contributed by atoms with van der Waals surface area (Å²) < 4.78 is 34.8. The predicted octanol–water partition coefficient (Wildman–Crippen LogP) is 25.9. The number of likely N-dealkylation sites (N-methyl/N-ethyl adjacent to an activating group) is 1. The van der Waals surface area contributed by atoms with Crippen LogP contribution in [-0.4, -0.2) is 74.9 Å². The van der Waals surface area contributed by atoms with Gasteiger partial charge in [0.25, 0.3) is 0 Å². The van der Waals surface area contributed by atoms with Gasteiger partial charge in [0, 0.05) is 12.8 Å². The molecule has 98 heavy (non-hydrogen) atoms. The second-order valence-electron chi connectivity index (χ2n) is 25.9. The maximum atomic E-state index is 12.9. The van der Waals surface area contributed by atoms with E-state index in [-0.39, 0.29) is 32.0 Å². The van der Waals surface area contributed by atoms with Crippen LogP contribution in [0.2, 0.25) is 0 Å². The first-order valence-electron chi connectivity index (χ1n) is 38.5.